The monoisotopic (exact) mass is 422 g/mol. The van der Waals surface area contributed by atoms with Gasteiger partial charge in [0.2, 0.25) is 0 Å². The lowest BCUT2D eigenvalue weighted by atomic mass is 10.0. The maximum absolute atomic E-state index is 12.9. The number of hydrogen-bond acceptors (Lipinski definition) is 7. The Kier molecular flexibility index (Phi) is 5.87. The summed E-state index contributed by atoms with van der Waals surface area (Å²) in [6.07, 6.45) is 1.75. The van der Waals surface area contributed by atoms with Gasteiger partial charge in [0.15, 0.2) is 9.84 Å². The van der Waals surface area contributed by atoms with Gasteiger partial charge in [-0.2, -0.15) is 0 Å². The van der Waals surface area contributed by atoms with E-state index in [1.807, 2.05) is 7.05 Å². The second kappa shape index (κ2) is 8.02. The van der Waals surface area contributed by atoms with Gasteiger partial charge in [-0.25, -0.2) is 13.2 Å². The molecule has 3 rings (SSSR count). The first-order valence-electron chi connectivity index (χ1n) is 8.83. The van der Waals surface area contributed by atoms with Crippen molar-refractivity contribution < 1.29 is 22.7 Å². The van der Waals surface area contributed by atoms with E-state index in [-0.39, 0.29) is 17.1 Å². The Bertz CT molecular complexity index is 1030. The van der Waals surface area contributed by atoms with Crippen molar-refractivity contribution in [3.05, 3.63) is 45.8 Å². The van der Waals surface area contributed by atoms with Crippen LogP contribution in [0.4, 0.5) is 5.00 Å². The fourth-order valence-electron chi connectivity index (χ4n) is 3.19. The largest absolute Gasteiger partial charge is 0.462 e. The summed E-state index contributed by atoms with van der Waals surface area (Å²) >= 11 is 1.33. The average molecular weight is 423 g/mol. The van der Waals surface area contributed by atoms with Gasteiger partial charge in [-0.1, -0.05) is 12.1 Å². The molecule has 7 nitrogen and oxygen atoms in total. The molecule has 0 saturated heterocycles. The van der Waals surface area contributed by atoms with E-state index in [1.54, 1.807) is 19.1 Å². The molecule has 0 unspecified atom stereocenters. The molecule has 2 heterocycles. The number of amides is 1. The van der Waals surface area contributed by atoms with Crippen LogP contribution in [0.1, 0.15) is 38.1 Å². The number of benzene rings is 1. The minimum absolute atomic E-state index is 0.0447. The number of carbonyl (C=O) groups is 2. The van der Waals surface area contributed by atoms with Gasteiger partial charge in [0.25, 0.3) is 5.91 Å². The van der Waals surface area contributed by atoms with Gasteiger partial charge >= 0.3 is 5.97 Å². The van der Waals surface area contributed by atoms with Gasteiger partial charge < -0.3 is 15.0 Å². The third kappa shape index (κ3) is 4.11. The van der Waals surface area contributed by atoms with Crippen molar-refractivity contribution in [2.45, 2.75) is 24.8 Å². The highest BCUT2D eigenvalue weighted by molar-refractivity contribution is 7.90. The molecule has 1 amide bonds. The Balaban J connectivity index is 2.01. The molecule has 0 aliphatic carbocycles. The predicted octanol–water partition coefficient (Wildman–Crippen LogP) is 2.57. The van der Waals surface area contributed by atoms with Gasteiger partial charge in [-0.3, -0.25) is 4.79 Å². The number of likely N-dealkylation sites (N-methyl/N-ethyl adjacent to an activating group) is 1. The normalized spacial score (nSPS) is 14.4. The maximum atomic E-state index is 12.9. The quantitative estimate of drug-likeness (QED) is 0.745. The lowest BCUT2D eigenvalue weighted by molar-refractivity contribution is 0.0526. The number of nitrogens with zero attached hydrogens (tertiary/aromatic N) is 1. The first-order valence-corrected chi connectivity index (χ1v) is 11.5. The number of thiophene rings is 1. The molecule has 0 spiro atoms. The van der Waals surface area contributed by atoms with Crippen LogP contribution in [0.2, 0.25) is 0 Å². The molecule has 1 aliphatic heterocycles. The molecule has 0 atom stereocenters. The molecule has 2 aromatic rings. The Labute approximate surface area is 168 Å². The van der Waals surface area contributed by atoms with E-state index in [9.17, 15) is 18.0 Å². The van der Waals surface area contributed by atoms with Crippen molar-refractivity contribution in [3.63, 3.8) is 0 Å². The Hall–Kier alpha value is -2.23. The second-order valence-corrected chi connectivity index (χ2v) is 9.73. The van der Waals surface area contributed by atoms with Gasteiger partial charge in [-0.15, -0.1) is 11.3 Å². The zero-order valence-electron chi connectivity index (χ0n) is 15.9. The maximum Gasteiger partial charge on any atom is 0.341 e. The zero-order valence-corrected chi connectivity index (χ0v) is 17.6. The molecular formula is C19H22N2O5S2. The van der Waals surface area contributed by atoms with E-state index in [0.717, 1.165) is 23.2 Å². The van der Waals surface area contributed by atoms with Gasteiger partial charge in [0.1, 0.15) is 5.00 Å². The van der Waals surface area contributed by atoms with Crippen molar-refractivity contribution in [3.8, 4) is 0 Å². The SMILES string of the molecule is CCOC(=O)c1c(NC(=O)c2ccccc2S(C)(=O)=O)sc2c1CCN(C)C2. The summed E-state index contributed by atoms with van der Waals surface area (Å²) in [4.78, 5) is 28.5. The number of hydrogen-bond donors (Lipinski definition) is 1. The van der Waals surface area contributed by atoms with Crippen molar-refractivity contribution in [2.24, 2.45) is 0 Å². The topological polar surface area (TPSA) is 92.8 Å². The van der Waals surface area contributed by atoms with Crippen LogP contribution in [-0.4, -0.2) is 51.6 Å². The van der Waals surface area contributed by atoms with Gasteiger partial charge in [-0.05, 0) is 38.1 Å². The summed E-state index contributed by atoms with van der Waals surface area (Å²) in [5, 5.41) is 3.14. The smallest absolute Gasteiger partial charge is 0.341 e. The molecule has 1 aliphatic rings. The third-order valence-corrected chi connectivity index (χ3v) is 6.77. The summed E-state index contributed by atoms with van der Waals surface area (Å²) in [7, 11) is -1.58. The number of fused-ring (bicyclic) bond motifs is 1. The highest BCUT2D eigenvalue weighted by atomic mass is 32.2. The summed E-state index contributed by atoms with van der Waals surface area (Å²) in [5.74, 6) is -1.05. The lowest BCUT2D eigenvalue weighted by Gasteiger charge is -2.22. The number of sulfone groups is 1. The summed E-state index contributed by atoms with van der Waals surface area (Å²) in [6, 6.07) is 6.02. The number of ether oxygens (including phenoxy) is 1. The van der Waals surface area contributed by atoms with Crippen LogP contribution >= 0.6 is 11.3 Å². The van der Waals surface area contributed by atoms with Crippen molar-refractivity contribution >= 4 is 38.1 Å². The molecule has 150 valence electrons. The molecule has 1 aromatic heterocycles. The molecule has 9 heteroatoms. The van der Waals surface area contributed by atoms with Crippen LogP contribution in [0, 0.1) is 0 Å². The zero-order chi connectivity index (χ0) is 20.5. The molecule has 0 fully saturated rings. The van der Waals surface area contributed by atoms with E-state index < -0.39 is 21.7 Å². The van der Waals surface area contributed by atoms with Crippen molar-refractivity contribution in [1.29, 1.82) is 0 Å². The number of carbonyl (C=O) groups excluding carboxylic acids is 2. The highest BCUT2D eigenvalue weighted by Crippen LogP contribution is 2.37. The minimum atomic E-state index is -3.57. The van der Waals surface area contributed by atoms with Crippen LogP contribution in [0.25, 0.3) is 0 Å². The van der Waals surface area contributed by atoms with Crippen LogP contribution in [0.15, 0.2) is 29.2 Å². The van der Waals surface area contributed by atoms with E-state index in [0.29, 0.717) is 23.5 Å². The minimum Gasteiger partial charge on any atom is -0.462 e. The van der Waals surface area contributed by atoms with Crippen molar-refractivity contribution in [1.82, 2.24) is 4.90 Å². The van der Waals surface area contributed by atoms with Crippen LogP contribution in [0.3, 0.4) is 0 Å². The summed E-state index contributed by atoms with van der Waals surface area (Å²) < 4.78 is 29.2. The van der Waals surface area contributed by atoms with E-state index in [2.05, 4.69) is 10.2 Å². The standard InChI is InChI=1S/C19H22N2O5S2/c1-4-26-19(23)16-12-9-10-21(2)11-14(12)27-18(16)20-17(22)13-7-5-6-8-15(13)28(3,24)25/h5-8H,4,9-11H2,1-3H3,(H,20,22). The Morgan fingerprint density at radius 2 is 2.00 bits per heavy atom. The summed E-state index contributed by atoms with van der Waals surface area (Å²) in [5.41, 5.74) is 1.32. The van der Waals surface area contributed by atoms with Crippen LogP contribution < -0.4 is 5.32 Å². The van der Waals surface area contributed by atoms with E-state index in [4.69, 9.17) is 4.74 Å². The first kappa shape index (κ1) is 20.5. The number of esters is 1. The molecule has 28 heavy (non-hydrogen) atoms. The molecule has 1 aromatic carbocycles. The summed E-state index contributed by atoms with van der Waals surface area (Å²) in [6.45, 7) is 3.45. The predicted molar refractivity (Wildman–Crippen MR) is 108 cm³/mol. The number of nitrogens with one attached hydrogen (secondary N) is 1. The third-order valence-electron chi connectivity index (χ3n) is 4.49. The lowest BCUT2D eigenvalue weighted by Crippen LogP contribution is -2.26. The molecular weight excluding hydrogens is 400 g/mol. The van der Waals surface area contributed by atoms with E-state index in [1.165, 1.54) is 23.5 Å². The Morgan fingerprint density at radius 1 is 1.29 bits per heavy atom. The second-order valence-electron chi connectivity index (χ2n) is 6.64. The Morgan fingerprint density at radius 3 is 2.68 bits per heavy atom. The van der Waals surface area contributed by atoms with Crippen LogP contribution in [0.5, 0.6) is 0 Å². The fourth-order valence-corrected chi connectivity index (χ4v) is 5.38. The van der Waals surface area contributed by atoms with Crippen molar-refractivity contribution in [2.75, 3.05) is 31.8 Å². The molecule has 0 saturated carbocycles. The van der Waals surface area contributed by atoms with Crippen LogP contribution in [-0.2, 0) is 27.5 Å². The highest BCUT2D eigenvalue weighted by Gasteiger charge is 2.29. The van der Waals surface area contributed by atoms with Gasteiger partial charge in [0, 0.05) is 24.2 Å². The molecule has 0 bridgehead atoms. The number of anilines is 1. The number of rotatable bonds is 5. The fraction of sp³-hybridized carbons (Fsp3) is 0.368. The average Bonchev–Trinajstić information content (AvgIpc) is 2.98. The molecule has 0 radical (unpaired) electrons. The molecule has 1 N–H and O–H groups in total. The first-order chi connectivity index (χ1) is 13.2. The van der Waals surface area contributed by atoms with E-state index >= 15 is 0 Å². The van der Waals surface area contributed by atoms with Gasteiger partial charge in [0.05, 0.1) is 22.6 Å².